The molecule has 2 aliphatic rings. The van der Waals surface area contributed by atoms with Crippen LogP contribution < -0.4 is 16.2 Å². The first-order valence-corrected chi connectivity index (χ1v) is 6.34. The third-order valence-corrected chi connectivity index (χ3v) is 3.49. The quantitative estimate of drug-likeness (QED) is 0.683. The Hall–Kier alpha value is -2.57. The maximum absolute atomic E-state index is 12.3. The van der Waals surface area contributed by atoms with Gasteiger partial charge >= 0.3 is 0 Å². The molecule has 0 fully saturated rings. The molecule has 2 amide bonds. The third-order valence-electron chi connectivity index (χ3n) is 3.49. The summed E-state index contributed by atoms with van der Waals surface area (Å²) < 4.78 is 1.57. The highest BCUT2D eigenvalue weighted by Gasteiger charge is 2.29. The fraction of sp³-hybridized carbons (Fsp3) is 0.308. The van der Waals surface area contributed by atoms with Gasteiger partial charge in [-0.25, -0.2) is 0 Å². The molecule has 3 heterocycles. The molecule has 1 aromatic rings. The molecule has 0 aliphatic carbocycles. The number of rotatable bonds is 1. The first kappa shape index (κ1) is 12.5. The van der Waals surface area contributed by atoms with Crippen molar-refractivity contribution in [2.45, 2.75) is 6.42 Å². The maximum atomic E-state index is 12.3. The standard InChI is InChI=1S/C13H14N4O3/c14-12(19)9-7-17-10(6-11(9)18)13(20)15-4-2-1-3-5-16(17)8-15/h1-2,6-7H,3-5,8H2,(H2,14,19). The number of fused-ring (bicyclic) bond motifs is 4. The molecule has 104 valence electrons. The molecular formula is C13H14N4O3. The number of carbonyl (C=O) groups excluding carboxylic acids is 2. The van der Waals surface area contributed by atoms with Crippen molar-refractivity contribution in [1.82, 2.24) is 9.58 Å². The number of hydrogen-bond acceptors (Lipinski definition) is 4. The summed E-state index contributed by atoms with van der Waals surface area (Å²) >= 11 is 0. The minimum absolute atomic E-state index is 0.104. The Morgan fingerprint density at radius 1 is 1.25 bits per heavy atom. The summed E-state index contributed by atoms with van der Waals surface area (Å²) in [6, 6.07) is 1.19. The van der Waals surface area contributed by atoms with Crippen LogP contribution in [0.2, 0.25) is 0 Å². The summed E-state index contributed by atoms with van der Waals surface area (Å²) in [4.78, 5) is 37.1. The van der Waals surface area contributed by atoms with E-state index < -0.39 is 11.3 Å². The smallest absolute Gasteiger partial charge is 0.274 e. The van der Waals surface area contributed by atoms with Crippen molar-refractivity contribution >= 4 is 11.8 Å². The zero-order chi connectivity index (χ0) is 14.3. The molecule has 0 aromatic carbocycles. The van der Waals surface area contributed by atoms with Crippen LogP contribution in [0.15, 0.2) is 29.2 Å². The van der Waals surface area contributed by atoms with Gasteiger partial charge in [0.25, 0.3) is 11.8 Å². The zero-order valence-electron chi connectivity index (χ0n) is 10.8. The molecule has 1 aromatic heterocycles. The number of amides is 2. The van der Waals surface area contributed by atoms with Gasteiger partial charge in [-0.3, -0.25) is 24.1 Å². The number of nitrogens with two attached hydrogens (primary N) is 1. The van der Waals surface area contributed by atoms with Crippen LogP contribution in [0.25, 0.3) is 0 Å². The van der Waals surface area contributed by atoms with Crippen LogP contribution in [0.1, 0.15) is 27.3 Å². The number of hydrogen-bond donors (Lipinski definition) is 1. The molecule has 20 heavy (non-hydrogen) atoms. The SMILES string of the molecule is NC(=O)c1cn2c(cc1=O)C(=O)N1CC=CCCN2C1. The molecule has 3 rings (SSSR count). The lowest BCUT2D eigenvalue weighted by molar-refractivity contribution is 0.0710. The van der Waals surface area contributed by atoms with Crippen molar-refractivity contribution < 1.29 is 9.59 Å². The number of aromatic nitrogens is 1. The van der Waals surface area contributed by atoms with Crippen LogP contribution in [0.4, 0.5) is 0 Å². The van der Waals surface area contributed by atoms with Crippen molar-refractivity contribution in [2.75, 3.05) is 24.8 Å². The van der Waals surface area contributed by atoms with E-state index in [1.807, 2.05) is 17.2 Å². The van der Waals surface area contributed by atoms with Crippen LogP contribution in [0.5, 0.6) is 0 Å². The van der Waals surface area contributed by atoms with E-state index in [9.17, 15) is 14.4 Å². The molecule has 7 nitrogen and oxygen atoms in total. The Morgan fingerprint density at radius 2 is 2.05 bits per heavy atom. The Morgan fingerprint density at radius 3 is 2.80 bits per heavy atom. The van der Waals surface area contributed by atoms with Gasteiger partial charge in [0, 0.05) is 25.4 Å². The Kier molecular flexibility index (Phi) is 2.81. The normalized spacial score (nSPS) is 17.5. The molecule has 2 N–H and O–H groups in total. The molecule has 0 unspecified atom stereocenters. The fourth-order valence-electron chi connectivity index (χ4n) is 2.46. The van der Waals surface area contributed by atoms with Gasteiger partial charge in [-0.15, -0.1) is 0 Å². The molecule has 2 aliphatic heterocycles. The van der Waals surface area contributed by atoms with Crippen molar-refractivity contribution in [3.8, 4) is 0 Å². The molecule has 0 atom stereocenters. The summed E-state index contributed by atoms with van der Waals surface area (Å²) in [6.07, 6.45) is 6.15. The van der Waals surface area contributed by atoms with Crippen LogP contribution in [-0.4, -0.2) is 41.1 Å². The van der Waals surface area contributed by atoms with Gasteiger partial charge in [0.1, 0.15) is 17.9 Å². The first-order chi connectivity index (χ1) is 9.58. The van der Waals surface area contributed by atoms with Crippen LogP contribution in [-0.2, 0) is 0 Å². The summed E-state index contributed by atoms with van der Waals surface area (Å²) in [5.74, 6) is -1.01. The summed E-state index contributed by atoms with van der Waals surface area (Å²) in [6.45, 7) is 1.63. The zero-order valence-corrected chi connectivity index (χ0v) is 10.8. The largest absolute Gasteiger partial charge is 0.365 e. The molecule has 0 saturated heterocycles. The van der Waals surface area contributed by atoms with Gasteiger partial charge in [-0.1, -0.05) is 12.2 Å². The van der Waals surface area contributed by atoms with E-state index in [0.29, 0.717) is 19.8 Å². The highest BCUT2D eigenvalue weighted by molar-refractivity contribution is 5.96. The molecule has 0 saturated carbocycles. The Labute approximate surface area is 114 Å². The summed E-state index contributed by atoms with van der Waals surface area (Å²) in [7, 11) is 0. The molecule has 0 radical (unpaired) electrons. The van der Waals surface area contributed by atoms with Crippen LogP contribution in [0.3, 0.4) is 0 Å². The van der Waals surface area contributed by atoms with E-state index in [-0.39, 0.29) is 17.2 Å². The molecule has 7 heteroatoms. The van der Waals surface area contributed by atoms with E-state index >= 15 is 0 Å². The Bertz CT molecular complexity index is 677. The van der Waals surface area contributed by atoms with Gasteiger partial charge in [-0.2, -0.15) is 0 Å². The monoisotopic (exact) mass is 274 g/mol. The Balaban J connectivity index is 2.16. The second kappa shape index (κ2) is 4.52. The van der Waals surface area contributed by atoms with Crippen LogP contribution >= 0.6 is 0 Å². The molecule has 0 spiro atoms. The fourth-order valence-corrected chi connectivity index (χ4v) is 2.46. The lowest BCUT2D eigenvalue weighted by Crippen LogP contribution is -2.55. The maximum Gasteiger partial charge on any atom is 0.274 e. The highest BCUT2D eigenvalue weighted by atomic mass is 16.2. The lowest BCUT2D eigenvalue weighted by atomic mass is 10.2. The van der Waals surface area contributed by atoms with Gasteiger partial charge in [-0.05, 0) is 6.42 Å². The second-order valence-corrected chi connectivity index (χ2v) is 4.80. The first-order valence-electron chi connectivity index (χ1n) is 6.34. The third kappa shape index (κ3) is 1.87. The van der Waals surface area contributed by atoms with Gasteiger partial charge < -0.3 is 10.6 Å². The van der Waals surface area contributed by atoms with Gasteiger partial charge in [0.05, 0.1) is 0 Å². The number of primary amides is 1. The van der Waals surface area contributed by atoms with Crippen molar-refractivity contribution in [3.63, 3.8) is 0 Å². The predicted octanol–water partition coefficient (Wildman–Crippen LogP) is -0.742. The molecule has 2 bridgehead atoms. The summed E-state index contributed by atoms with van der Waals surface area (Å²) in [5, 5.41) is 1.91. The van der Waals surface area contributed by atoms with Crippen LogP contribution in [0, 0.1) is 0 Å². The highest BCUT2D eigenvalue weighted by Crippen LogP contribution is 2.15. The predicted molar refractivity (Wildman–Crippen MR) is 72.0 cm³/mol. The average molecular weight is 274 g/mol. The number of pyridine rings is 1. The minimum atomic E-state index is -0.785. The van der Waals surface area contributed by atoms with E-state index in [1.54, 1.807) is 9.58 Å². The molecular weight excluding hydrogens is 260 g/mol. The average Bonchev–Trinajstić information content (AvgIpc) is 2.37. The van der Waals surface area contributed by atoms with Crippen molar-refractivity contribution in [1.29, 1.82) is 0 Å². The minimum Gasteiger partial charge on any atom is -0.365 e. The number of carbonyl (C=O) groups is 2. The summed E-state index contributed by atoms with van der Waals surface area (Å²) in [5.41, 5.74) is 4.83. The van der Waals surface area contributed by atoms with E-state index in [1.165, 1.54) is 12.3 Å². The topological polar surface area (TPSA) is 88.6 Å². The van der Waals surface area contributed by atoms with Crippen molar-refractivity contribution in [2.24, 2.45) is 5.73 Å². The number of nitrogens with zero attached hydrogens (tertiary/aromatic N) is 3. The van der Waals surface area contributed by atoms with E-state index in [4.69, 9.17) is 5.73 Å². The van der Waals surface area contributed by atoms with Crippen molar-refractivity contribution in [3.05, 3.63) is 45.9 Å². The van der Waals surface area contributed by atoms with Gasteiger partial charge in [0.2, 0.25) is 0 Å². The van der Waals surface area contributed by atoms with Gasteiger partial charge in [0.15, 0.2) is 5.43 Å². The van der Waals surface area contributed by atoms with E-state index in [0.717, 1.165) is 6.42 Å². The second-order valence-electron chi connectivity index (χ2n) is 4.80. The van der Waals surface area contributed by atoms with E-state index in [2.05, 4.69) is 0 Å². The lowest BCUT2D eigenvalue weighted by Gasteiger charge is -2.40.